The minimum atomic E-state index is 0.528. The fourth-order valence-corrected chi connectivity index (χ4v) is 2.85. The maximum atomic E-state index is 4.73. The zero-order valence-corrected chi connectivity index (χ0v) is 13.0. The predicted octanol–water partition coefficient (Wildman–Crippen LogP) is 3.66. The van der Waals surface area contributed by atoms with Crippen molar-refractivity contribution in [2.45, 2.75) is 59.5 Å². The van der Waals surface area contributed by atoms with Gasteiger partial charge in [-0.05, 0) is 26.8 Å². The number of hydrogen-bond acceptors (Lipinski definition) is 4. The molecule has 0 aliphatic heterocycles. The minimum Gasteiger partial charge on any atom is -0.346 e. The van der Waals surface area contributed by atoms with Gasteiger partial charge in [0.05, 0.1) is 5.69 Å². The molecule has 1 aromatic heterocycles. The number of nitrogens with zero attached hydrogens (tertiary/aromatic N) is 2. The molecule has 1 heterocycles. The van der Waals surface area contributed by atoms with Gasteiger partial charge in [0.15, 0.2) is 5.13 Å². The van der Waals surface area contributed by atoms with Crippen LogP contribution in [0.25, 0.3) is 0 Å². The maximum Gasteiger partial charge on any atom is 0.185 e. The van der Waals surface area contributed by atoms with Crippen molar-refractivity contribution in [1.82, 2.24) is 10.3 Å². The molecule has 0 aliphatic carbocycles. The summed E-state index contributed by atoms with van der Waals surface area (Å²) in [6.45, 7) is 11.9. The van der Waals surface area contributed by atoms with E-state index in [-0.39, 0.29) is 0 Å². The van der Waals surface area contributed by atoms with E-state index in [0.717, 1.165) is 25.3 Å². The van der Waals surface area contributed by atoms with E-state index < -0.39 is 0 Å². The fraction of sp³-hybridized carbons (Fsp3) is 0.786. The molecule has 0 spiro atoms. The van der Waals surface area contributed by atoms with E-state index in [0.29, 0.717) is 6.04 Å². The standard InChI is InChI=1S/C14H27N3S/c1-5-7-8-9-17(12(3)4)14-16-13(11-18-14)10-15-6-2/h11-12,15H,5-10H2,1-4H3. The number of rotatable bonds is 9. The Labute approximate surface area is 116 Å². The van der Waals surface area contributed by atoms with Crippen LogP contribution in [-0.2, 0) is 6.54 Å². The molecule has 0 aromatic carbocycles. The van der Waals surface area contributed by atoms with Crippen molar-refractivity contribution in [2.75, 3.05) is 18.0 Å². The Morgan fingerprint density at radius 2 is 2.11 bits per heavy atom. The summed E-state index contributed by atoms with van der Waals surface area (Å²) in [5.41, 5.74) is 1.16. The monoisotopic (exact) mass is 269 g/mol. The third kappa shape index (κ3) is 4.94. The van der Waals surface area contributed by atoms with Gasteiger partial charge in [-0.1, -0.05) is 26.7 Å². The number of nitrogens with one attached hydrogen (secondary N) is 1. The third-order valence-electron chi connectivity index (χ3n) is 2.97. The maximum absolute atomic E-state index is 4.73. The van der Waals surface area contributed by atoms with Crippen LogP contribution in [0, 0.1) is 0 Å². The van der Waals surface area contributed by atoms with Crippen LogP contribution < -0.4 is 10.2 Å². The van der Waals surface area contributed by atoms with E-state index in [2.05, 4.69) is 43.3 Å². The zero-order chi connectivity index (χ0) is 13.4. The fourth-order valence-electron chi connectivity index (χ4n) is 1.87. The van der Waals surface area contributed by atoms with Gasteiger partial charge < -0.3 is 10.2 Å². The zero-order valence-electron chi connectivity index (χ0n) is 12.2. The first-order chi connectivity index (χ1) is 8.69. The second-order valence-electron chi connectivity index (χ2n) is 4.90. The summed E-state index contributed by atoms with van der Waals surface area (Å²) in [7, 11) is 0. The lowest BCUT2D eigenvalue weighted by Gasteiger charge is -2.26. The number of anilines is 1. The van der Waals surface area contributed by atoms with Gasteiger partial charge in [-0.25, -0.2) is 4.98 Å². The van der Waals surface area contributed by atoms with Crippen LogP contribution >= 0.6 is 11.3 Å². The van der Waals surface area contributed by atoms with Crippen LogP contribution in [0.2, 0.25) is 0 Å². The van der Waals surface area contributed by atoms with E-state index in [1.807, 2.05) is 0 Å². The quantitative estimate of drug-likeness (QED) is 0.694. The average Bonchev–Trinajstić information content (AvgIpc) is 2.80. The second-order valence-corrected chi connectivity index (χ2v) is 5.73. The molecule has 104 valence electrons. The van der Waals surface area contributed by atoms with Crippen molar-refractivity contribution in [3.63, 3.8) is 0 Å². The average molecular weight is 269 g/mol. The van der Waals surface area contributed by atoms with Crippen LogP contribution in [0.4, 0.5) is 5.13 Å². The third-order valence-corrected chi connectivity index (χ3v) is 3.89. The SMILES string of the molecule is CCCCCN(c1nc(CNCC)cs1)C(C)C. The van der Waals surface area contributed by atoms with E-state index in [9.17, 15) is 0 Å². The molecule has 4 heteroatoms. The van der Waals surface area contributed by atoms with Crippen LogP contribution in [0.1, 0.15) is 52.7 Å². The van der Waals surface area contributed by atoms with Crippen molar-refractivity contribution in [3.8, 4) is 0 Å². The number of thiazole rings is 1. The smallest absolute Gasteiger partial charge is 0.185 e. The molecular formula is C14H27N3S. The van der Waals surface area contributed by atoms with Gasteiger partial charge in [0, 0.05) is 24.5 Å². The highest BCUT2D eigenvalue weighted by Gasteiger charge is 2.13. The summed E-state index contributed by atoms with van der Waals surface area (Å²) in [4.78, 5) is 7.16. The molecule has 1 rings (SSSR count). The normalized spacial score (nSPS) is 11.2. The molecule has 0 atom stereocenters. The Balaban J connectivity index is 2.58. The van der Waals surface area contributed by atoms with E-state index >= 15 is 0 Å². The number of unbranched alkanes of at least 4 members (excludes halogenated alkanes) is 2. The highest BCUT2D eigenvalue weighted by molar-refractivity contribution is 7.13. The van der Waals surface area contributed by atoms with E-state index in [1.54, 1.807) is 11.3 Å². The second kappa shape index (κ2) is 8.48. The van der Waals surface area contributed by atoms with Crippen LogP contribution in [-0.4, -0.2) is 24.1 Å². The summed E-state index contributed by atoms with van der Waals surface area (Å²) in [5, 5.41) is 6.67. The molecule has 0 unspecified atom stereocenters. The topological polar surface area (TPSA) is 28.2 Å². The largest absolute Gasteiger partial charge is 0.346 e. The van der Waals surface area contributed by atoms with Crippen molar-refractivity contribution >= 4 is 16.5 Å². The first-order valence-corrected chi connectivity index (χ1v) is 7.98. The van der Waals surface area contributed by atoms with Gasteiger partial charge >= 0.3 is 0 Å². The first-order valence-electron chi connectivity index (χ1n) is 7.10. The van der Waals surface area contributed by atoms with Gasteiger partial charge in [-0.15, -0.1) is 11.3 Å². The molecular weight excluding hydrogens is 242 g/mol. The van der Waals surface area contributed by atoms with Gasteiger partial charge in [-0.2, -0.15) is 0 Å². The Morgan fingerprint density at radius 3 is 2.72 bits per heavy atom. The van der Waals surface area contributed by atoms with E-state index in [4.69, 9.17) is 4.98 Å². The van der Waals surface area contributed by atoms with Crippen LogP contribution in [0.15, 0.2) is 5.38 Å². The van der Waals surface area contributed by atoms with E-state index in [1.165, 1.54) is 24.4 Å². The molecule has 18 heavy (non-hydrogen) atoms. The molecule has 0 bridgehead atoms. The Kier molecular flexibility index (Phi) is 7.28. The summed E-state index contributed by atoms with van der Waals surface area (Å²) in [5.74, 6) is 0. The Morgan fingerprint density at radius 1 is 1.33 bits per heavy atom. The molecule has 0 aliphatic rings. The number of aromatic nitrogens is 1. The van der Waals surface area contributed by atoms with Crippen molar-refractivity contribution < 1.29 is 0 Å². The summed E-state index contributed by atoms with van der Waals surface area (Å²) in [6.07, 6.45) is 3.84. The van der Waals surface area contributed by atoms with Gasteiger partial charge in [0.25, 0.3) is 0 Å². The molecule has 3 nitrogen and oxygen atoms in total. The molecule has 1 aromatic rings. The molecule has 0 fully saturated rings. The summed E-state index contributed by atoms with van der Waals surface area (Å²) >= 11 is 1.77. The van der Waals surface area contributed by atoms with Gasteiger partial charge in [-0.3, -0.25) is 0 Å². The van der Waals surface area contributed by atoms with Crippen LogP contribution in [0.5, 0.6) is 0 Å². The molecule has 0 radical (unpaired) electrons. The molecule has 0 saturated heterocycles. The minimum absolute atomic E-state index is 0.528. The lowest BCUT2D eigenvalue weighted by atomic mass is 10.2. The van der Waals surface area contributed by atoms with Gasteiger partial charge in [0.1, 0.15) is 0 Å². The lowest BCUT2D eigenvalue weighted by molar-refractivity contribution is 0.622. The summed E-state index contributed by atoms with van der Waals surface area (Å²) < 4.78 is 0. The van der Waals surface area contributed by atoms with Crippen molar-refractivity contribution in [1.29, 1.82) is 0 Å². The van der Waals surface area contributed by atoms with Crippen LogP contribution in [0.3, 0.4) is 0 Å². The Hall–Kier alpha value is -0.610. The first kappa shape index (κ1) is 15.4. The lowest BCUT2D eigenvalue weighted by Crippen LogP contribution is -2.31. The Bertz CT molecular complexity index is 323. The van der Waals surface area contributed by atoms with Gasteiger partial charge in [0.2, 0.25) is 0 Å². The molecule has 1 N–H and O–H groups in total. The highest BCUT2D eigenvalue weighted by Crippen LogP contribution is 2.23. The van der Waals surface area contributed by atoms with Crippen molar-refractivity contribution in [2.24, 2.45) is 0 Å². The summed E-state index contributed by atoms with van der Waals surface area (Å²) in [6, 6.07) is 0.528. The predicted molar refractivity (Wildman–Crippen MR) is 81.5 cm³/mol. The van der Waals surface area contributed by atoms with Crippen molar-refractivity contribution in [3.05, 3.63) is 11.1 Å². The molecule has 0 amide bonds. The number of hydrogen-bond donors (Lipinski definition) is 1. The highest BCUT2D eigenvalue weighted by atomic mass is 32.1. The molecule has 0 saturated carbocycles.